The van der Waals surface area contributed by atoms with Gasteiger partial charge in [-0.3, -0.25) is 4.79 Å². The summed E-state index contributed by atoms with van der Waals surface area (Å²) in [7, 11) is 0. The Hall–Kier alpha value is -2.24. The minimum Gasteiger partial charge on any atom is -0.507 e. The molecule has 0 aliphatic carbocycles. The molecule has 0 bridgehead atoms. The molecule has 0 spiro atoms. The second-order valence-corrected chi connectivity index (χ2v) is 3.04. The lowest BCUT2D eigenvalue weighted by Gasteiger charge is -2.08. The highest BCUT2D eigenvalue weighted by atomic mass is 16.5. The predicted molar refractivity (Wildman–Crippen MR) is 57.0 cm³/mol. The van der Waals surface area contributed by atoms with Crippen LogP contribution < -0.4 is 11.5 Å². The lowest BCUT2D eigenvalue weighted by Crippen LogP contribution is -2.15. The minimum atomic E-state index is -0.775. The zero-order valence-electron chi connectivity index (χ0n) is 8.69. The first-order valence-electron chi connectivity index (χ1n) is 4.56. The molecule has 1 aromatic rings. The first-order valence-corrected chi connectivity index (χ1v) is 4.56. The van der Waals surface area contributed by atoms with Gasteiger partial charge < -0.3 is 21.3 Å². The Bertz CT molecular complexity index is 443. The van der Waals surface area contributed by atoms with E-state index in [1.165, 1.54) is 0 Å². The van der Waals surface area contributed by atoms with Crippen molar-refractivity contribution in [2.75, 3.05) is 12.3 Å². The monoisotopic (exact) mass is 224 g/mol. The summed E-state index contributed by atoms with van der Waals surface area (Å²) in [6, 6.07) is 2.21. The van der Waals surface area contributed by atoms with E-state index in [1.807, 2.05) is 0 Å². The average Bonchev–Trinajstić information content (AvgIpc) is 2.17. The normalized spacial score (nSPS) is 9.81. The second-order valence-electron chi connectivity index (χ2n) is 3.04. The third kappa shape index (κ3) is 2.22. The minimum absolute atomic E-state index is 0.0121. The summed E-state index contributed by atoms with van der Waals surface area (Å²) in [6.45, 7) is 1.79. The Morgan fingerprint density at radius 2 is 2.00 bits per heavy atom. The zero-order valence-corrected chi connectivity index (χ0v) is 8.69. The van der Waals surface area contributed by atoms with Crippen LogP contribution in [0.3, 0.4) is 0 Å². The van der Waals surface area contributed by atoms with Gasteiger partial charge in [0.15, 0.2) is 0 Å². The number of hydrogen-bond acceptors (Lipinski definition) is 5. The fourth-order valence-corrected chi connectivity index (χ4v) is 1.19. The summed E-state index contributed by atoms with van der Waals surface area (Å²) in [5.41, 5.74) is 10.4. The van der Waals surface area contributed by atoms with Crippen LogP contribution in [0.25, 0.3) is 0 Å². The summed E-state index contributed by atoms with van der Waals surface area (Å²) < 4.78 is 4.69. The summed E-state index contributed by atoms with van der Waals surface area (Å²) >= 11 is 0. The topological polar surface area (TPSA) is 116 Å². The summed E-state index contributed by atoms with van der Waals surface area (Å²) in [6.07, 6.45) is 0. The molecule has 6 heteroatoms. The SMILES string of the molecule is CCOC(=O)c1cc(C(N)=O)c(N)cc1O. The van der Waals surface area contributed by atoms with Crippen molar-refractivity contribution in [3.63, 3.8) is 0 Å². The smallest absolute Gasteiger partial charge is 0.341 e. The number of aromatic hydroxyl groups is 1. The molecule has 0 radical (unpaired) electrons. The molecule has 0 atom stereocenters. The highest BCUT2D eigenvalue weighted by Crippen LogP contribution is 2.24. The van der Waals surface area contributed by atoms with Crippen LogP contribution in [-0.2, 0) is 4.74 Å². The van der Waals surface area contributed by atoms with E-state index in [9.17, 15) is 14.7 Å². The van der Waals surface area contributed by atoms with Crippen molar-refractivity contribution < 1.29 is 19.4 Å². The van der Waals surface area contributed by atoms with E-state index < -0.39 is 11.9 Å². The number of rotatable bonds is 3. The largest absolute Gasteiger partial charge is 0.507 e. The van der Waals surface area contributed by atoms with Gasteiger partial charge >= 0.3 is 5.97 Å². The molecular formula is C10H12N2O4. The molecule has 16 heavy (non-hydrogen) atoms. The maximum Gasteiger partial charge on any atom is 0.341 e. The number of amides is 1. The fraction of sp³-hybridized carbons (Fsp3) is 0.200. The van der Waals surface area contributed by atoms with Gasteiger partial charge in [-0.1, -0.05) is 0 Å². The quantitative estimate of drug-likeness (QED) is 0.502. The van der Waals surface area contributed by atoms with Gasteiger partial charge in [-0.2, -0.15) is 0 Å². The van der Waals surface area contributed by atoms with Gasteiger partial charge in [0.1, 0.15) is 11.3 Å². The Balaban J connectivity index is 3.24. The number of nitrogen functional groups attached to an aromatic ring is 1. The zero-order chi connectivity index (χ0) is 12.3. The van der Waals surface area contributed by atoms with Crippen LogP contribution in [0.4, 0.5) is 5.69 Å². The van der Waals surface area contributed by atoms with E-state index in [0.29, 0.717) is 0 Å². The molecule has 5 N–H and O–H groups in total. The molecule has 1 amide bonds. The van der Waals surface area contributed by atoms with Crippen molar-refractivity contribution in [3.05, 3.63) is 23.3 Å². The molecule has 0 fully saturated rings. The maximum atomic E-state index is 11.4. The molecule has 0 aromatic heterocycles. The van der Waals surface area contributed by atoms with Crippen LogP contribution in [0.1, 0.15) is 27.6 Å². The first-order chi connectivity index (χ1) is 7.47. The molecule has 0 unspecified atom stereocenters. The molecule has 0 saturated carbocycles. The average molecular weight is 224 g/mol. The molecular weight excluding hydrogens is 212 g/mol. The lowest BCUT2D eigenvalue weighted by atomic mass is 10.1. The van der Waals surface area contributed by atoms with Gasteiger partial charge in [-0.05, 0) is 13.0 Å². The van der Waals surface area contributed by atoms with Crippen LogP contribution in [-0.4, -0.2) is 23.6 Å². The van der Waals surface area contributed by atoms with Gasteiger partial charge in [-0.25, -0.2) is 4.79 Å². The molecule has 6 nitrogen and oxygen atoms in total. The van der Waals surface area contributed by atoms with Crippen LogP contribution in [0.15, 0.2) is 12.1 Å². The Labute approximate surface area is 91.8 Å². The van der Waals surface area contributed by atoms with Crippen molar-refractivity contribution >= 4 is 17.6 Å². The number of carbonyl (C=O) groups excluding carboxylic acids is 2. The molecule has 0 aliphatic heterocycles. The second kappa shape index (κ2) is 4.52. The van der Waals surface area contributed by atoms with Crippen LogP contribution in [0, 0.1) is 0 Å². The third-order valence-corrected chi connectivity index (χ3v) is 1.93. The number of phenolic OH excluding ortho intramolecular Hbond substituents is 1. The van der Waals surface area contributed by atoms with E-state index in [1.54, 1.807) is 6.92 Å². The third-order valence-electron chi connectivity index (χ3n) is 1.93. The molecule has 86 valence electrons. The Morgan fingerprint density at radius 3 is 2.50 bits per heavy atom. The number of anilines is 1. The van der Waals surface area contributed by atoms with Gasteiger partial charge in [0, 0.05) is 11.8 Å². The van der Waals surface area contributed by atoms with Gasteiger partial charge in [0.05, 0.1) is 12.2 Å². The van der Waals surface area contributed by atoms with Crippen LogP contribution in [0.2, 0.25) is 0 Å². The van der Waals surface area contributed by atoms with Crippen molar-refractivity contribution in [2.24, 2.45) is 5.73 Å². The number of benzene rings is 1. The molecule has 1 aromatic carbocycles. The van der Waals surface area contributed by atoms with Gasteiger partial charge in [0.2, 0.25) is 0 Å². The van der Waals surface area contributed by atoms with E-state index in [0.717, 1.165) is 12.1 Å². The van der Waals surface area contributed by atoms with E-state index in [-0.39, 0.29) is 29.2 Å². The molecule has 1 rings (SSSR count). The molecule has 0 heterocycles. The fourth-order valence-electron chi connectivity index (χ4n) is 1.19. The number of nitrogens with two attached hydrogens (primary N) is 2. The number of phenols is 1. The maximum absolute atomic E-state index is 11.4. The Morgan fingerprint density at radius 1 is 1.38 bits per heavy atom. The van der Waals surface area contributed by atoms with Crippen molar-refractivity contribution in [1.82, 2.24) is 0 Å². The first kappa shape index (κ1) is 11.8. The van der Waals surface area contributed by atoms with Gasteiger partial charge in [-0.15, -0.1) is 0 Å². The van der Waals surface area contributed by atoms with Crippen LogP contribution in [0.5, 0.6) is 5.75 Å². The highest BCUT2D eigenvalue weighted by Gasteiger charge is 2.17. The number of primary amides is 1. The lowest BCUT2D eigenvalue weighted by molar-refractivity contribution is 0.0523. The number of ether oxygens (including phenoxy) is 1. The van der Waals surface area contributed by atoms with Crippen molar-refractivity contribution in [2.45, 2.75) is 6.92 Å². The molecule has 0 aliphatic rings. The number of hydrogen-bond donors (Lipinski definition) is 3. The highest BCUT2D eigenvalue weighted by molar-refractivity contribution is 6.02. The summed E-state index contributed by atoms with van der Waals surface area (Å²) in [5.74, 6) is -1.86. The van der Waals surface area contributed by atoms with E-state index in [2.05, 4.69) is 0 Å². The van der Waals surface area contributed by atoms with Gasteiger partial charge in [0.25, 0.3) is 5.91 Å². The van der Waals surface area contributed by atoms with Crippen molar-refractivity contribution in [3.8, 4) is 5.75 Å². The van der Waals surface area contributed by atoms with Crippen LogP contribution >= 0.6 is 0 Å². The van der Waals surface area contributed by atoms with E-state index >= 15 is 0 Å². The predicted octanol–water partition coefficient (Wildman–Crippen LogP) is 0.250. The summed E-state index contributed by atoms with van der Waals surface area (Å²) in [4.78, 5) is 22.4. The van der Waals surface area contributed by atoms with E-state index in [4.69, 9.17) is 16.2 Å². The number of esters is 1. The standard InChI is InChI=1S/C10H12N2O4/c1-2-16-10(15)6-3-5(9(12)14)7(11)4-8(6)13/h3-4,13H,2,11H2,1H3,(H2,12,14). The molecule has 0 saturated heterocycles. The number of carbonyl (C=O) groups is 2. The Kier molecular flexibility index (Phi) is 3.34. The summed E-state index contributed by atoms with van der Waals surface area (Å²) in [5, 5.41) is 9.46. The van der Waals surface area contributed by atoms with Crippen molar-refractivity contribution in [1.29, 1.82) is 0 Å².